The first-order valence-corrected chi connectivity index (χ1v) is 7.17. The Labute approximate surface area is 96.4 Å². The summed E-state index contributed by atoms with van der Waals surface area (Å²) in [5.41, 5.74) is -0.0305. The van der Waals surface area contributed by atoms with Gasteiger partial charge in [0.1, 0.15) is 0 Å². The Bertz CT molecular complexity index is 300. The standard InChI is InChI=1S/C9H18ClNO3S/c1-8(3-10)4-15(12,13)11-5-9(2)6-14-7-9/h8,11H,3-7H2,1-2H3. The molecule has 0 saturated carbocycles. The minimum absolute atomic E-state index is 0.0189. The second-order valence-corrected chi connectivity index (χ2v) is 6.83. The highest BCUT2D eigenvalue weighted by atomic mass is 35.5. The van der Waals surface area contributed by atoms with Crippen molar-refractivity contribution in [1.29, 1.82) is 0 Å². The predicted octanol–water partition coefficient (Wildman–Crippen LogP) is 0.817. The summed E-state index contributed by atoms with van der Waals surface area (Å²) in [4.78, 5) is 0. The molecule has 90 valence electrons. The van der Waals surface area contributed by atoms with E-state index in [9.17, 15) is 8.42 Å². The molecule has 1 atom stereocenters. The van der Waals surface area contributed by atoms with Crippen LogP contribution in [0.25, 0.3) is 0 Å². The average molecular weight is 256 g/mol. The van der Waals surface area contributed by atoms with Gasteiger partial charge >= 0.3 is 0 Å². The summed E-state index contributed by atoms with van der Waals surface area (Å²) in [6.07, 6.45) is 0. The molecular formula is C9H18ClNO3S. The first-order valence-electron chi connectivity index (χ1n) is 4.98. The summed E-state index contributed by atoms with van der Waals surface area (Å²) in [5, 5.41) is 0. The van der Waals surface area contributed by atoms with Crippen molar-refractivity contribution in [3.63, 3.8) is 0 Å². The molecule has 1 rings (SSSR count). The number of nitrogens with one attached hydrogen (secondary N) is 1. The van der Waals surface area contributed by atoms with E-state index in [1.165, 1.54) is 0 Å². The van der Waals surface area contributed by atoms with Crippen molar-refractivity contribution in [2.45, 2.75) is 13.8 Å². The highest BCUT2D eigenvalue weighted by Crippen LogP contribution is 2.25. The smallest absolute Gasteiger partial charge is 0.211 e. The summed E-state index contributed by atoms with van der Waals surface area (Å²) < 4.78 is 30.8. The Morgan fingerprint density at radius 1 is 1.53 bits per heavy atom. The molecule has 1 N–H and O–H groups in total. The molecule has 0 aromatic heterocycles. The molecule has 6 heteroatoms. The third kappa shape index (κ3) is 4.26. The number of ether oxygens (including phenoxy) is 1. The summed E-state index contributed by atoms with van der Waals surface area (Å²) in [6, 6.07) is 0. The summed E-state index contributed by atoms with van der Waals surface area (Å²) in [6.45, 7) is 5.52. The molecular weight excluding hydrogens is 238 g/mol. The number of halogens is 1. The quantitative estimate of drug-likeness (QED) is 0.715. The van der Waals surface area contributed by atoms with Crippen LogP contribution in [0.1, 0.15) is 13.8 Å². The lowest BCUT2D eigenvalue weighted by atomic mass is 9.89. The SMILES string of the molecule is CC(CCl)CS(=O)(=O)NCC1(C)COC1. The van der Waals surface area contributed by atoms with Crippen molar-refractivity contribution < 1.29 is 13.2 Å². The van der Waals surface area contributed by atoms with Gasteiger partial charge in [-0.2, -0.15) is 0 Å². The second kappa shape index (κ2) is 4.99. The van der Waals surface area contributed by atoms with Crippen LogP contribution in [-0.2, 0) is 14.8 Å². The first-order chi connectivity index (χ1) is 6.87. The monoisotopic (exact) mass is 255 g/mol. The fraction of sp³-hybridized carbons (Fsp3) is 1.00. The molecule has 0 amide bonds. The third-order valence-corrected chi connectivity index (χ3v) is 4.51. The molecule has 1 unspecified atom stereocenters. The highest BCUT2D eigenvalue weighted by Gasteiger charge is 2.34. The fourth-order valence-corrected chi connectivity index (χ4v) is 3.11. The normalized spacial score (nSPS) is 22.1. The number of hydrogen-bond donors (Lipinski definition) is 1. The lowest BCUT2D eigenvalue weighted by Gasteiger charge is -2.38. The van der Waals surface area contributed by atoms with Gasteiger partial charge in [-0.3, -0.25) is 0 Å². The van der Waals surface area contributed by atoms with Gasteiger partial charge in [0.15, 0.2) is 0 Å². The van der Waals surface area contributed by atoms with Crippen molar-refractivity contribution in [1.82, 2.24) is 4.72 Å². The van der Waals surface area contributed by atoms with E-state index in [1.54, 1.807) is 0 Å². The van der Waals surface area contributed by atoms with Gasteiger partial charge in [0.05, 0.1) is 19.0 Å². The van der Waals surface area contributed by atoms with Crippen LogP contribution >= 0.6 is 11.6 Å². The zero-order valence-electron chi connectivity index (χ0n) is 9.12. The van der Waals surface area contributed by atoms with Crippen LogP contribution in [0.2, 0.25) is 0 Å². The van der Waals surface area contributed by atoms with E-state index >= 15 is 0 Å². The van der Waals surface area contributed by atoms with Gasteiger partial charge < -0.3 is 4.74 Å². The van der Waals surface area contributed by atoms with E-state index < -0.39 is 10.0 Å². The van der Waals surface area contributed by atoms with E-state index in [2.05, 4.69) is 4.72 Å². The van der Waals surface area contributed by atoms with Crippen LogP contribution in [0.4, 0.5) is 0 Å². The van der Waals surface area contributed by atoms with Crippen molar-refractivity contribution in [3.05, 3.63) is 0 Å². The molecule has 1 heterocycles. The average Bonchev–Trinajstić information content (AvgIpc) is 2.11. The zero-order valence-corrected chi connectivity index (χ0v) is 10.7. The van der Waals surface area contributed by atoms with Crippen LogP contribution < -0.4 is 4.72 Å². The molecule has 0 radical (unpaired) electrons. The summed E-state index contributed by atoms with van der Waals surface area (Å²) in [7, 11) is -3.19. The fourth-order valence-electron chi connectivity index (χ4n) is 1.31. The lowest BCUT2D eigenvalue weighted by Crippen LogP contribution is -2.49. The number of hydrogen-bond acceptors (Lipinski definition) is 3. The molecule has 1 aliphatic rings. The van der Waals surface area contributed by atoms with Gasteiger partial charge in [-0.25, -0.2) is 13.1 Å². The largest absolute Gasteiger partial charge is 0.380 e. The minimum atomic E-state index is -3.19. The number of rotatable bonds is 6. The van der Waals surface area contributed by atoms with E-state index in [-0.39, 0.29) is 17.1 Å². The Morgan fingerprint density at radius 2 is 2.13 bits per heavy atom. The van der Waals surface area contributed by atoms with Gasteiger partial charge in [0, 0.05) is 17.8 Å². The maximum atomic E-state index is 11.6. The highest BCUT2D eigenvalue weighted by molar-refractivity contribution is 7.89. The Hall–Kier alpha value is 0.160. The third-order valence-electron chi connectivity index (χ3n) is 2.39. The zero-order chi connectivity index (χ0) is 11.5. The van der Waals surface area contributed by atoms with Gasteiger partial charge in [0.2, 0.25) is 10.0 Å². The van der Waals surface area contributed by atoms with Gasteiger partial charge in [-0.05, 0) is 5.92 Å². The Morgan fingerprint density at radius 3 is 2.53 bits per heavy atom. The van der Waals surface area contributed by atoms with Gasteiger partial charge in [-0.1, -0.05) is 13.8 Å². The summed E-state index contributed by atoms with van der Waals surface area (Å²) in [5.74, 6) is 0.434. The Balaban J connectivity index is 2.36. The van der Waals surface area contributed by atoms with E-state index in [1.807, 2.05) is 13.8 Å². The van der Waals surface area contributed by atoms with Crippen molar-refractivity contribution in [2.24, 2.45) is 11.3 Å². The van der Waals surface area contributed by atoms with Crippen LogP contribution in [0.5, 0.6) is 0 Å². The van der Waals surface area contributed by atoms with E-state index in [4.69, 9.17) is 16.3 Å². The molecule has 0 aliphatic carbocycles. The molecule has 1 saturated heterocycles. The lowest BCUT2D eigenvalue weighted by molar-refractivity contribution is -0.0965. The maximum Gasteiger partial charge on any atom is 0.211 e. The molecule has 0 aromatic rings. The first kappa shape index (κ1) is 13.2. The van der Waals surface area contributed by atoms with Gasteiger partial charge in [0.25, 0.3) is 0 Å². The second-order valence-electron chi connectivity index (χ2n) is 4.67. The molecule has 0 spiro atoms. The van der Waals surface area contributed by atoms with E-state index in [0.29, 0.717) is 25.6 Å². The predicted molar refractivity (Wildman–Crippen MR) is 60.6 cm³/mol. The van der Waals surface area contributed by atoms with Crippen LogP contribution in [0, 0.1) is 11.3 Å². The van der Waals surface area contributed by atoms with Crippen molar-refractivity contribution in [2.75, 3.05) is 31.4 Å². The van der Waals surface area contributed by atoms with Crippen LogP contribution in [-0.4, -0.2) is 39.8 Å². The Kier molecular flexibility index (Phi) is 4.40. The van der Waals surface area contributed by atoms with E-state index in [0.717, 1.165) is 0 Å². The molecule has 1 aliphatic heterocycles. The minimum Gasteiger partial charge on any atom is -0.380 e. The number of sulfonamides is 1. The van der Waals surface area contributed by atoms with Crippen molar-refractivity contribution >= 4 is 21.6 Å². The topological polar surface area (TPSA) is 55.4 Å². The van der Waals surface area contributed by atoms with Gasteiger partial charge in [-0.15, -0.1) is 11.6 Å². The van der Waals surface area contributed by atoms with Crippen LogP contribution in [0.3, 0.4) is 0 Å². The molecule has 1 fully saturated rings. The molecule has 15 heavy (non-hydrogen) atoms. The maximum absolute atomic E-state index is 11.6. The molecule has 0 bridgehead atoms. The molecule has 4 nitrogen and oxygen atoms in total. The summed E-state index contributed by atoms with van der Waals surface area (Å²) >= 11 is 5.57. The number of alkyl halides is 1. The molecule has 0 aromatic carbocycles. The van der Waals surface area contributed by atoms with Crippen molar-refractivity contribution in [3.8, 4) is 0 Å². The van der Waals surface area contributed by atoms with Crippen LogP contribution in [0.15, 0.2) is 0 Å².